The van der Waals surface area contributed by atoms with Crippen LogP contribution in [0.25, 0.3) is 11.1 Å². The second kappa shape index (κ2) is 7.64. The lowest BCUT2D eigenvalue weighted by Gasteiger charge is -2.13. The number of fused-ring (bicyclic) bond motifs is 2. The van der Waals surface area contributed by atoms with Gasteiger partial charge >= 0.3 is 0 Å². The molecule has 0 spiro atoms. The molecule has 0 saturated heterocycles. The predicted octanol–water partition coefficient (Wildman–Crippen LogP) is 4.37. The number of carbonyl (C=O) groups excluding carboxylic acids is 4. The van der Waals surface area contributed by atoms with E-state index in [9.17, 15) is 29.4 Å². The van der Waals surface area contributed by atoms with E-state index in [1.165, 1.54) is 48.5 Å². The Kier molecular flexibility index (Phi) is 4.52. The van der Waals surface area contributed by atoms with Crippen molar-refractivity contribution in [3.63, 3.8) is 0 Å². The van der Waals surface area contributed by atoms with Gasteiger partial charge in [-0.1, -0.05) is 12.1 Å². The summed E-state index contributed by atoms with van der Waals surface area (Å²) in [6.45, 7) is 0. The number of rotatable bonds is 3. The molecule has 0 aromatic heterocycles. The van der Waals surface area contributed by atoms with Crippen LogP contribution < -0.4 is 9.80 Å². The zero-order valence-electron chi connectivity index (χ0n) is 18.5. The topological polar surface area (TPSA) is 115 Å². The van der Waals surface area contributed by atoms with Gasteiger partial charge in [0.15, 0.2) is 0 Å². The molecule has 0 radical (unpaired) electrons. The van der Waals surface area contributed by atoms with Crippen LogP contribution in [0, 0.1) is 0 Å². The number of hydrogen-bond donors (Lipinski definition) is 2. The lowest BCUT2D eigenvalue weighted by atomic mass is 9.97. The first-order valence-electron chi connectivity index (χ1n) is 11.0. The molecule has 8 nitrogen and oxygen atoms in total. The number of phenolic OH excluding ortho intramolecular Hbond substituents is 2. The highest BCUT2D eigenvalue weighted by molar-refractivity contribution is 6.35. The van der Waals surface area contributed by atoms with Gasteiger partial charge in [0.1, 0.15) is 11.5 Å². The quantitative estimate of drug-likeness (QED) is 0.425. The molecule has 2 aliphatic heterocycles. The Labute approximate surface area is 204 Å². The molecule has 174 valence electrons. The fourth-order valence-electron chi connectivity index (χ4n) is 4.51. The molecule has 36 heavy (non-hydrogen) atoms. The Balaban J connectivity index is 1.35. The van der Waals surface area contributed by atoms with Gasteiger partial charge in [0.05, 0.1) is 33.6 Å². The van der Waals surface area contributed by atoms with Gasteiger partial charge in [0.2, 0.25) is 0 Å². The number of aromatic hydroxyl groups is 2. The summed E-state index contributed by atoms with van der Waals surface area (Å²) in [4.78, 5) is 54.1. The maximum absolute atomic E-state index is 13.1. The van der Waals surface area contributed by atoms with E-state index in [4.69, 9.17) is 0 Å². The third kappa shape index (κ3) is 3.08. The Morgan fingerprint density at radius 3 is 1.11 bits per heavy atom. The van der Waals surface area contributed by atoms with Gasteiger partial charge in [0.25, 0.3) is 23.6 Å². The third-order valence-corrected chi connectivity index (χ3v) is 6.32. The van der Waals surface area contributed by atoms with Gasteiger partial charge in [0, 0.05) is 0 Å². The molecule has 0 fully saturated rings. The summed E-state index contributed by atoms with van der Waals surface area (Å²) in [5.74, 6) is -1.88. The van der Waals surface area contributed by atoms with Crippen molar-refractivity contribution in [1.82, 2.24) is 0 Å². The minimum atomic E-state index is -0.492. The highest BCUT2D eigenvalue weighted by Gasteiger charge is 2.38. The summed E-state index contributed by atoms with van der Waals surface area (Å²) in [6.07, 6.45) is 0. The minimum absolute atomic E-state index is 0.0197. The van der Waals surface area contributed by atoms with Crippen LogP contribution in [0.5, 0.6) is 11.5 Å². The lowest BCUT2D eigenvalue weighted by molar-refractivity contribution is 0.0910. The van der Waals surface area contributed by atoms with E-state index < -0.39 is 23.6 Å². The average Bonchev–Trinajstić information content (AvgIpc) is 3.29. The van der Waals surface area contributed by atoms with Crippen LogP contribution >= 0.6 is 0 Å². The maximum Gasteiger partial charge on any atom is 0.266 e. The molecule has 4 aromatic carbocycles. The van der Waals surface area contributed by atoms with Crippen molar-refractivity contribution in [3.05, 3.63) is 107 Å². The summed E-state index contributed by atoms with van der Waals surface area (Å²) in [7, 11) is 0. The fourth-order valence-corrected chi connectivity index (χ4v) is 4.51. The molecular weight excluding hydrogens is 460 g/mol. The Morgan fingerprint density at radius 2 is 0.750 bits per heavy atom. The van der Waals surface area contributed by atoms with Crippen molar-refractivity contribution >= 4 is 35.0 Å². The number of imide groups is 2. The number of nitrogens with zero attached hydrogens (tertiary/aromatic N) is 2. The van der Waals surface area contributed by atoms with Crippen LogP contribution in [-0.2, 0) is 0 Å². The van der Waals surface area contributed by atoms with E-state index in [2.05, 4.69) is 0 Å². The molecule has 2 aliphatic rings. The van der Waals surface area contributed by atoms with Gasteiger partial charge in [-0.2, -0.15) is 0 Å². The number of hydrogen-bond acceptors (Lipinski definition) is 6. The normalized spacial score (nSPS) is 14.4. The zero-order chi connectivity index (χ0) is 25.1. The van der Waals surface area contributed by atoms with E-state index in [-0.39, 0.29) is 33.8 Å². The second-order valence-electron chi connectivity index (χ2n) is 8.44. The van der Waals surface area contributed by atoms with Crippen molar-refractivity contribution in [1.29, 1.82) is 0 Å². The summed E-state index contributed by atoms with van der Waals surface area (Å²) in [5.41, 5.74) is 2.85. The van der Waals surface area contributed by atoms with E-state index in [1.54, 1.807) is 36.4 Å². The van der Waals surface area contributed by atoms with E-state index in [0.29, 0.717) is 22.5 Å². The molecule has 0 bridgehead atoms. The van der Waals surface area contributed by atoms with E-state index >= 15 is 0 Å². The Morgan fingerprint density at radius 1 is 0.417 bits per heavy atom. The number of carbonyl (C=O) groups is 4. The standard InChI is InChI=1S/C28H16N2O6/c31-19-7-3-17(4-8-19)29-25(33)21-11-1-15(13-23(21)27(29)35)16-2-12-22-24(14-16)28(36)30(26(22)34)18-5-9-20(32)10-6-18/h1-14,31-32H. The molecular formula is C28H16N2O6. The first-order chi connectivity index (χ1) is 17.3. The minimum Gasteiger partial charge on any atom is -0.508 e. The highest BCUT2D eigenvalue weighted by Crippen LogP contribution is 2.35. The monoisotopic (exact) mass is 476 g/mol. The van der Waals surface area contributed by atoms with Gasteiger partial charge < -0.3 is 10.2 Å². The second-order valence-corrected chi connectivity index (χ2v) is 8.44. The number of benzene rings is 4. The van der Waals surface area contributed by atoms with Crippen molar-refractivity contribution in [3.8, 4) is 22.6 Å². The molecule has 2 heterocycles. The molecule has 6 rings (SSSR count). The number of amides is 4. The van der Waals surface area contributed by atoms with E-state index in [0.717, 1.165) is 9.80 Å². The predicted molar refractivity (Wildman–Crippen MR) is 130 cm³/mol. The van der Waals surface area contributed by atoms with Crippen molar-refractivity contribution in [2.45, 2.75) is 0 Å². The Bertz CT molecular complexity index is 1500. The lowest BCUT2D eigenvalue weighted by Crippen LogP contribution is -2.29. The third-order valence-electron chi connectivity index (χ3n) is 6.32. The van der Waals surface area contributed by atoms with Gasteiger partial charge in [-0.25, -0.2) is 9.80 Å². The van der Waals surface area contributed by atoms with E-state index in [1.807, 2.05) is 0 Å². The molecule has 8 heteroatoms. The van der Waals surface area contributed by atoms with Gasteiger partial charge in [-0.15, -0.1) is 0 Å². The molecule has 0 aliphatic carbocycles. The first-order valence-corrected chi connectivity index (χ1v) is 11.0. The molecule has 4 aromatic rings. The van der Waals surface area contributed by atoms with Crippen LogP contribution in [0.1, 0.15) is 41.4 Å². The maximum atomic E-state index is 13.1. The first kappa shape index (κ1) is 21.3. The van der Waals surface area contributed by atoms with Crippen LogP contribution in [0.2, 0.25) is 0 Å². The van der Waals surface area contributed by atoms with Crippen LogP contribution in [0.4, 0.5) is 11.4 Å². The largest absolute Gasteiger partial charge is 0.508 e. The SMILES string of the molecule is O=C1c2ccc(-c3ccc4c(c3)C(=O)N(c3ccc(O)cc3)C4=O)cc2C(=O)N1c1ccc(O)cc1. The molecule has 0 unspecified atom stereocenters. The van der Waals surface area contributed by atoms with Crippen molar-refractivity contribution in [2.75, 3.05) is 9.80 Å². The van der Waals surface area contributed by atoms with Crippen LogP contribution in [0.15, 0.2) is 84.9 Å². The fraction of sp³-hybridized carbons (Fsp3) is 0. The average molecular weight is 476 g/mol. The number of phenols is 2. The van der Waals surface area contributed by atoms with Crippen molar-refractivity contribution in [2.24, 2.45) is 0 Å². The molecule has 4 amide bonds. The highest BCUT2D eigenvalue weighted by atomic mass is 16.3. The molecule has 0 atom stereocenters. The van der Waals surface area contributed by atoms with Crippen LogP contribution in [-0.4, -0.2) is 33.8 Å². The van der Waals surface area contributed by atoms with Crippen molar-refractivity contribution < 1.29 is 29.4 Å². The zero-order valence-corrected chi connectivity index (χ0v) is 18.5. The summed E-state index contributed by atoms with van der Waals surface area (Å²) >= 11 is 0. The van der Waals surface area contributed by atoms with Crippen LogP contribution in [0.3, 0.4) is 0 Å². The van der Waals surface area contributed by atoms with Gasteiger partial charge in [-0.3, -0.25) is 19.2 Å². The summed E-state index contributed by atoms with van der Waals surface area (Å²) in [5, 5.41) is 19.0. The van der Waals surface area contributed by atoms with Gasteiger partial charge in [-0.05, 0) is 83.9 Å². The summed E-state index contributed by atoms with van der Waals surface area (Å²) < 4.78 is 0. The summed E-state index contributed by atoms with van der Waals surface area (Å²) in [6, 6.07) is 21.2. The Hall–Kier alpha value is -5.24. The smallest absolute Gasteiger partial charge is 0.266 e. The molecule has 0 saturated carbocycles. The number of anilines is 2. The molecule has 2 N–H and O–H groups in total.